The van der Waals surface area contributed by atoms with Crippen molar-refractivity contribution in [2.45, 2.75) is 32.2 Å². The minimum absolute atomic E-state index is 0.0178. The number of hydrogen-bond donors (Lipinski definition) is 0. The van der Waals surface area contributed by atoms with E-state index in [-0.39, 0.29) is 24.5 Å². The second-order valence-electron chi connectivity index (χ2n) is 6.88. The molecule has 0 aromatic heterocycles. The molecule has 1 saturated heterocycles. The zero-order chi connectivity index (χ0) is 18.1. The van der Waals surface area contributed by atoms with Gasteiger partial charge in [0.25, 0.3) is 5.91 Å². The molecule has 1 atom stereocenters. The molecule has 26 heavy (non-hydrogen) atoms. The number of para-hydroxylation sites is 1. The number of hydrogen-bond acceptors (Lipinski definition) is 3. The van der Waals surface area contributed by atoms with Gasteiger partial charge in [0.1, 0.15) is 5.75 Å². The van der Waals surface area contributed by atoms with E-state index in [1.54, 1.807) is 4.90 Å². The molecule has 2 amide bonds. The maximum atomic E-state index is 12.7. The average molecular weight is 350 g/mol. The van der Waals surface area contributed by atoms with Gasteiger partial charge in [-0.05, 0) is 43.5 Å². The summed E-state index contributed by atoms with van der Waals surface area (Å²) in [5.41, 5.74) is 3.00. The van der Waals surface area contributed by atoms with Crippen LogP contribution in [0.5, 0.6) is 5.75 Å². The molecule has 2 aliphatic heterocycles. The third-order valence-corrected chi connectivity index (χ3v) is 5.04. The number of fused-ring (bicyclic) bond motifs is 1. The Morgan fingerprint density at radius 2 is 2.04 bits per heavy atom. The first-order valence-corrected chi connectivity index (χ1v) is 9.06. The maximum absolute atomic E-state index is 12.7. The van der Waals surface area contributed by atoms with Crippen molar-refractivity contribution in [3.8, 4) is 5.75 Å². The number of anilines is 2. The van der Waals surface area contributed by atoms with E-state index in [1.807, 2.05) is 47.4 Å². The molecule has 2 heterocycles. The average Bonchev–Trinajstić information content (AvgIpc) is 3.22. The van der Waals surface area contributed by atoms with Crippen molar-refractivity contribution in [3.63, 3.8) is 0 Å². The van der Waals surface area contributed by atoms with Crippen LogP contribution in [-0.2, 0) is 16.0 Å². The van der Waals surface area contributed by atoms with Gasteiger partial charge in [-0.25, -0.2) is 0 Å². The van der Waals surface area contributed by atoms with Gasteiger partial charge in [0, 0.05) is 36.4 Å². The van der Waals surface area contributed by atoms with E-state index in [0.717, 1.165) is 30.8 Å². The Kier molecular flexibility index (Phi) is 4.37. The van der Waals surface area contributed by atoms with E-state index in [0.29, 0.717) is 12.2 Å². The van der Waals surface area contributed by atoms with Crippen LogP contribution in [-0.4, -0.2) is 31.0 Å². The maximum Gasteiger partial charge on any atom is 0.265 e. The molecule has 0 spiro atoms. The second kappa shape index (κ2) is 6.83. The Labute approximate surface area is 153 Å². The zero-order valence-electron chi connectivity index (χ0n) is 14.9. The number of nitrogens with zero attached hydrogens (tertiary/aromatic N) is 2. The van der Waals surface area contributed by atoms with Crippen LogP contribution in [0.3, 0.4) is 0 Å². The highest BCUT2D eigenvalue weighted by Gasteiger charge is 2.30. The summed E-state index contributed by atoms with van der Waals surface area (Å²) >= 11 is 0. The summed E-state index contributed by atoms with van der Waals surface area (Å²) in [5, 5.41) is 0. The van der Waals surface area contributed by atoms with Gasteiger partial charge in [-0.3, -0.25) is 9.59 Å². The van der Waals surface area contributed by atoms with Crippen molar-refractivity contribution in [3.05, 3.63) is 54.1 Å². The van der Waals surface area contributed by atoms with Gasteiger partial charge in [0.2, 0.25) is 5.91 Å². The fraction of sp³-hybridized carbons (Fsp3) is 0.333. The highest BCUT2D eigenvalue weighted by atomic mass is 16.5. The van der Waals surface area contributed by atoms with Gasteiger partial charge in [-0.1, -0.05) is 24.3 Å². The summed E-state index contributed by atoms with van der Waals surface area (Å²) in [7, 11) is 0. The van der Waals surface area contributed by atoms with Crippen LogP contribution in [0.2, 0.25) is 0 Å². The molecule has 0 saturated carbocycles. The summed E-state index contributed by atoms with van der Waals surface area (Å²) in [5.74, 6) is 0.696. The zero-order valence-corrected chi connectivity index (χ0v) is 14.9. The Morgan fingerprint density at radius 1 is 1.19 bits per heavy atom. The van der Waals surface area contributed by atoms with Gasteiger partial charge in [-0.15, -0.1) is 0 Å². The second-order valence-corrected chi connectivity index (χ2v) is 6.88. The molecule has 5 heteroatoms. The van der Waals surface area contributed by atoms with Gasteiger partial charge in [-0.2, -0.15) is 0 Å². The molecule has 0 N–H and O–H groups in total. The molecule has 5 nitrogen and oxygen atoms in total. The van der Waals surface area contributed by atoms with Crippen LogP contribution in [0.4, 0.5) is 11.4 Å². The lowest BCUT2D eigenvalue weighted by Gasteiger charge is -2.23. The Bertz CT molecular complexity index is 849. The number of benzene rings is 2. The first-order chi connectivity index (χ1) is 12.6. The molecule has 2 aliphatic rings. The summed E-state index contributed by atoms with van der Waals surface area (Å²) in [6.45, 7) is 2.77. The van der Waals surface area contributed by atoms with Crippen LogP contribution < -0.4 is 14.5 Å². The van der Waals surface area contributed by atoms with Crippen molar-refractivity contribution in [2.24, 2.45) is 0 Å². The highest BCUT2D eigenvalue weighted by Crippen LogP contribution is 2.32. The summed E-state index contributed by atoms with van der Waals surface area (Å²) in [4.78, 5) is 28.2. The van der Waals surface area contributed by atoms with Crippen molar-refractivity contribution < 1.29 is 14.3 Å². The van der Waals surface area contributed by atoms with Crippen LogP contribution in [0.25, 0.3) is 0 Å². The molecule has 0 aliphatic carbocycles. The van der Waals surface area contributed by atoms with Crippen LogP contribution >= 0.6 is 0 Å². The van der Waals surface area contributed by atoms with Crippen molar-refractivity contribution in [1.29, 1.82) is 0 Å². The first kappa shape index (κ1) is 16.6. The minimum Gasteiger partial charge on any atom is -0.484 e. The normalized spacial score (nSPS) is 19.0. The Hall–Kier alpha value is -2.82. The minimum atomic E-state index is -0.0508. The van der Waals surface area contributed by atoms with E-state index in [2.05, 4.69) is 13.0 Å². The Morgan fingerprint density at radius 3 is 2.85 bits per heavy atom. The molecule has 4 rings (SSSR count). The molecule has 0 radical (unpaired) electrons. The number of carbonyl (C=O) groups excluding carboxylic acids is 2. The van der Waals surface area contributed by atoms with E-state index < -0.39 is 0 Å². The molecule has 0 bridgehead atoms. The van der Waals surface area contributed by atoms with E-state index >= 15 is 0 Å². The van der Waals surface area contributed by atoms with Crippen molar-refractivity contribution >= 4 is 23.2 Å². The van der Waals surface area contributed by atoms with E-state index in [1.165, 1.54) is 5.56 Å². The quantitative estimate of drug-likeness (QED) is 0.851. The lowest BCUT2D eigenvalue weighted by atomic mass is 10.1. The lowest BCUT2D eigenvalue weighted by molar-refractivity contribution is -0.121. The topological polar surface area (TPSA) is 49.9 Å². The molecule has 0 unspecified atom stereocenters. The molecular weight excluding hydrogens is 328 g/mol. The largest absolute Gasteiger partial charge is 0.484 e. The van der Waals surface area contributed by atoms with Crippen LogP contribution in [0, 0.1) is 0 Å². The van der Waals surface area contributed by atoms with Crippen molar-refractivity contribution in [1.82, 2.24) is 0 Å². The summed E-state index contributed by atoms with van der Waals surface area (Å²) in [6, 6.07) is 15.5. The fourth-order valence-electron chi connectivity index (χ4n) is 3.82. The van der Waals surface area contributed by atoms with Gasteiger partial charge in [0.05, 0.1) is 0 Å². The molecule has 1 fully saturated rings. The predicted molar refractivity (Wildman–Crippen MR) is 101 cm³/mol. The molecule has 2 aromatic rings. The van der Waals surface area contributed by atoms with Gasteiger partial charge < -0.3 is 14.5 Å². The monoisotopic (exact) mass is 350 g/mol. The smallest absolute Gasteiger partial charge is 0.265 e. The van der Waals surface area contributed by atoms with Crippen LogP contribution in [0.15, 0.2) is 48.5 Å². The highest BCUT2D eigenvalue weighted by molar-refractivity contribution is 5.97. The predicted octanol–water partition coefficient (Wildman–Crippen LogP) is 3.17. The molecular formula is C21H22N2O3. The lowest BCUT2D eigenvalue weighted by Crippen LogP contribution is -2.39. The molecule has 134 valence electrons. The van der Waals surface area contributed by atoms with Crippen LogP contribution in [0.1, 0.15) is 25.3 Å². The number of carbonyl (C=O) groups is 2. The Balaban J connectivity index is 1.44. The standard InChI is InChI=1S/C21H22N2O3/c1-15-12-16-6-2-3-9-19(16)23(15)21(25)14-26-18-8-4-7-17(13-18)22-11-5-10-20(22)24/h2-4,6-9,13,15H,5,10-12,14H2,1H3/t15-/m0/s1. The van der Waals surface area contributed by atoms with Gasteiger partial charge >= 0.3 is 0 Å². The first-order valence-electron chi connectivity index (χ1n) is 9.06. The van der Waals surface area contributed by atoms with E-state index in [4.69, 9.17) is 4.74 Å². The third-order valence-electron chi connectivity index (χ3n) is 5.04. The summed E-state index contributed by atoms with van der Waals surface area (Å²) < 4.78 is 5.75. The van der Waals surface area contributed by atoms with Gasteiger partial charge in [0.15, 0.2) is 6.61 Å². The number of rotatable bonds is 4. The fourth-order valence-corrected chi connectivity index (χ4v) is 3.82. The third kappa shape index (κ3) is 3.05. The number of amides is 2. The summed E-state index contributed by atoms with van der Waals surface area (Å²) in [6.07, 6.45) is 2.35. The van der Waals surface area contributed by atoms with E-state index in [9.17, 15) is 9.59 Å². The molecule has 2 aromatic carbocycles. The SMILES string of the molecule is C[C@H]1Cc2ccccc2N1C(=O)COc1cccc(N2CCCC2=O)c1. The number of ether oxygens (including phenoxy) is 1. The van der Waals surface area contributed by atoms with Crippen molar-refractivity contribution in [2.75, 3.05) is 23.0 Å².